The van der Waals surface area contributed by atoms with E-state index in [0.717, 1.165) is 19.6 Å². The van der Waals surface area contributed by atoms with Gasteiger partial charge in [-0.2, -0.15) is 4.31 Å². The second kappa shape index (κ2) is 11.0. The Morgan fingerprint density at radius 3 is 2.50 bits per heavy atom. The van der Waals surface area contributed by atoms with Crippen LogP contribution in [-0.2, 0) is 19.6 Å². The van der Waals surface area contributed by atoms with Crippen LogP contribution in [0.1, 0.15) is 23.7 Å². The van der Waals surface area contributed by atoms with E-state index >= 15 is 0 Å². The number of hydrogen-bond donors (Lipinski definition) is 2. The van der Waals surface area contributed by atoms with Crippen molar-refractivity contribution in [2.75, 3.05) is 52.5 Å². The Morgan fingerprint density at radius 1 is 1.19 bits per heavy atom. The summed E-state index contributed by atoms with van der Waals surface area (Å²) in [5.41, 5.74) is 0.421. The molecule has 2 heterocycles. The van der Waals surface area contributed by atoms with Gasteiger partial charge in [0.2, 0.25) is 15.9 Å². The molecule has 0 aliphatic carbocycles. The minimum absolute atomic E-state index is 0.0288. The zero-order valence-corrected chi connectivity index (χ0v) is 19.3. The normalized spacial score (nSPS) is 22.8. The Bertz CT molecular complexity index is 913. The van der Waals surface area contributed by atoms with Crippen molar-refractivity contribution in [3.05, 3.63) is 42.5 Å². The molecule has 0 spiro atoms. The van der Waals surface area contributed by atoms with E-state index < -0.39 is 10.0 Å². The van der Waals surface area contributed by atoms with Crippen LogP contribution in [-0.4, -0.2) is 88.0 Å². The molecule has 2 unspecified atom stereocenters. The molecule has 3 rings (SSSR count). The zero-order valence-electron chi connectivity index (χ0n) is 18.5. The van der Waals surface area contributed by atoms with Crippen LogP contribution in [0, 0.1) is 5.92 Å². The van der Waals surface area contributed by atoms with Crippen molar-refractivity contribution in [3.63, 3.8) is 0 Å². The minimum Gasteiger partial charge on any atom is -0.379 e. The van der Waals surface area contributed by atoms with E-state index in [9.17, 15) is 18.0 Å². The van der Waals surface area contributed by atoms with E-state index in [2.05, 4.69) is 22.1 Å². The Hall–Kier alpha value is -2.27. The first kappa shape index (κ1) is 24.4. The van der Waals surface area contributed by atoms with Crippen LogP contribution in [0.3, 0.4) is 0 Å². The number of morpholine rings is 1. The summed E-state index contributed by atoms with van der Waals surface area (Å²) in [5.74, 6) is -0.509. The number of piperidine rings is 1. The number of benzene rings is 1. The third kappa shape index (κ3) is 6.16. The Balaban J connectivity index is 1.54. The highest BCUT2D eigenvalue weighted by Gasteiger charge is 2.34. The van der Waals surface area contributed by atoms with Gasteiger partial charge in [0.1, 0.15) is 0 Å². The second-order valence-corrected chi connectivity index (χ2v) is 10.1. The second-order valence-electron chi connectivity index (χ2n) is 8.18. The number of rotatable bonds is 8. The Labute approximate surface area is 189 Å². The average molecular weight is 465 g/mol. The maximum absolute atomic E-state index is 13.1. The number of sulfonamides is 1. The van der Waals surface area contributed by atoms with Gasteiger partial charge < -0.3 is 15.4 Å². The highest BCUT2D eigenvalue weighted by molar-refractivity contribution is 7.89. The lowest BCUT2D eigenvalue weighted by Crippen LogP contribution is -2.51. The summed E-state index contributed by atoms with van der Waals surface area (Å²) in [4.78, 5) is 26.3. The van der Waals surface area contributed by atoms with Gasteiger partial charge in [-0.3, -0.25) is 14.5 Å². The van der Waals surface area contributed by atoms with E-state index in [4.69, 9.17) is 4.74 Å². The smallest absolute Gasteiger partial charge is 0.251 e. The van der Waals surface area contributed by atoms with Gasteiger partial charge in [0.15, 0.2) is 0 Å². The first-order valence-corrected chi connectivity index (χ1v) is 12.4. The number of ether oxygens (including phenoxy) is 1. The molecular weight excluding hydrogens is 432 g/mol. The molecule has 2 amide bonds. The third-order valence-corrected chi connectivity index (χ3v) is 7.83. The molecule has 1 aromatic carbocycles. The molecule has 32 heavy (non-hydrogen) atoms. The van der Waals surface area contributed by atoms with Crippen molar-refractivity contribution in [3.8, 4) is 0 Å². The average Bonchev–Trinajstić information content (AvgIpc) is 2.81. The lowest BCUT2D eigenvalue weighted by atomic mass is 9.95. The van der Waals surface area contributed by atoms with Crippen LogP contribution in [0.15, 0.2) is 41.8 Å². The van der Waals surface area contributed by atoms with Gasteiger partial charge in [-0.05, 0) is 42.7 Å². The van der Waals surface area contributed by atoms with E-state index in [1.54, 1.807) is 0 Å². The van der Waals surface area contributed by atoms with Crippen molar-refractivity contribution in [1.29, 1.82) is 0 Å². The number of amides is 2. The standard InChI is InChI=1S/C22H32N4O5S/c1-3-21(27)24-20-8-10-26(16-17(20)2)32(29,30)19-6-4-18(5-7-19)22(28)23-9-11-25-12-14-31-15-13-25/h3-7,17,20H,1,8-16H2,2H3,(H,23,28)(H,24,27). The first-order chi connectivity index (χ1) is 15.3. The summed E-state index contributed by atoms with van der Waals surface area (Å²) in [6.07, 6.45) is 1.75. The summed E-state index contributed by atoms with van der Waals surface area (Å²) in [5, 5.41) is 5.73. The van der Waals surface area contributed by atoms with Crippen molar-refractivity contribution < 1.29 is 22.7 Å². The SMILES string of the molecule is C=CC(=O)NC1CCN(S(=O)(=O)c2ccc(C(=O)NCCN3CCOCC3)cc2)CC1C. The van der Waals surface area contributed by atoms with Gasteiger partial charge in [-0.15, -0.1) is 0 Å². The summed E-state index contributed by atoms with van der Waals surface area (Å²) >= 11 is 0. The molecule has 1 aromatic rings. The lowest BCUT2D eigenvalue weighted by Gasteiger charge is -2.36. The number of nitrogens with one attached hydrogen (secondary N) is 2. The monoisotopic (exact) mass is 464 g/mol. The third-order valence-electron chi connectivity index (χ3n) is 5.95. The fraction of sp³-hybridized carbons (Fsp3) is 0.545. The van der Waals surface area contributed by atoms with Crippen molar-refractivity contribution >= 4 is 21.8 Å². The van der Waals surface area contributed by atoms with Gasteiger partial charge in [0, 0.05) is 50.9 Å². The molecule has 0 aromatic heterocycles. The molecule has 2 aliphatic rings. The number of carbonyl (C=O) groups is 2. The number of nitrogens with zero attached hydrogens (tertiary/aromatic N) is 2. The van der Waals surface area contributed by atoms with Crippen LogP contribution in [0.2, 0.25) is 0 Å². The van der Waals surface area contributed by atoms with Gasteiger partial charge in [0.25, 0.3) is 5.91 Å². The maximum atomic E-state index is 13.1. The van der Waals surface area contributed by atoms with Gasteiger partial charge in [-0.25, -0.2) is 8.42 Å². The number of carbonyl (C=O) groups excluding carboxylic acids is 2. The quantitative estimate of drug-likeness (QED) is 0.541. The summed E-state index contributed by atoms with van der Waals surface area (Å²) in [6.45, 7) is 10.4. The van der Waals surface area contributed by atoms with Crippen molar-refractivity contribution in [2.24, 2.45) is 5.92 Å². The van der Waals surface area contributed by atoms with Crippen molar-refractivity contribution in [1.82, 2.24) is 19.8 Å². The predicted octanol–water partition coefficient (Wildman–Crippen LogP) is 0.450. The minimum atomic E-state index is -3.68. The topological polar surface area (TPSA) is 108 Å². The predicted molar refractivity (Wildman–Crippen MR) is 121 cm³/mol. The fourth-order valence-corrected chi connectivity index (χ4v) is 5.52. The Kier molecular flexibility index (Phi) is 8.41. The van der Waals surface area contributed by atoms with Crippen molar-refractivity contribution in [2.45, 2.75) is 24.3 Å². The van der Waals surface area contributed by atoms with Gasteiger partial charge in [-0.1, -0.05) is 13.5 Å². The maximum Gasteiger partial charge on any atom is 0.251 e. The molecular formula is C22H32N4O5S. The molecule has 2 N–H and O–H groups in total. The van der Waals surface area contributed by atoms with Gasteiger partial charge in [0.05, 0.1) is 18.1 Å². The largest absolute Gasteiger partial charge is 0.379 e. The molecule has 2 aliphatic heterocycles. The summed E-state index contributed by atoms with van der Waals surface area (Å²) in [7, 11) is -3.68. The molecule has 2 saturated heterocycles. The summed E-state index contributed by atoms with van der Waals surface area (Å²) < 4.78 is 32.8. The molecule has 0 saturated carbocycles. The lowest BCUT2D eigenvalue weighted by molar-refractivity contribution is -0.117. The van der Waals surface area contributed by atoms with Crippen LogP contribution in [0.4, 0.5) is 0 Å². The van der Waals surface area contributed by atoms with E-state index in [1.165, 1.54) is 34.6 Å². The molecule has 0 bridgehead atoms. The molecule has 0 radical (unpaired) electrons. The van der Waals surface area contributed by atoms with E-state index in [0.29, 0.717) is 44.8 Å². The van der Waals surface area contributed by atoms with Crippen LogP contribution >= 0.6 is 0 Å². The molecule has 2 atom stereocenters. The molecule has 176 valence electrons. The molecule has 9 nitrogen and oxygen atoms in total. The molecule has 2 fully saturated rings. The van der Waals surface area contributed by atoms with E-state index in [-0.39, 0.29) is 28.7 Å². The highest BCUT2D eigenvalue weighted by atomic mass is 32.2. The highest BCUT2D eigenvalue weighted by Crippen LogP contribution is 2.24. The van der Waals surface area contributed by atoms with Crippen LogP contribution in [0.5, 0.6) is 0 Å². The fourth-order valence-electron chi connectivity index (χ4n) is 3.96. The van der Waals surface area contributed by atoms with Crippen LogP contribution in [0.25, 0.3) is 0 Å². The van der Waals surface area contributed by atoms with E-state index in [1.807, 2.05) is 6.92 Å². The Morgan fingerprint density at radius 2 is 1.88 bits per heavy atom. The number of hydrogen-bond acceptors (Lipinski definition) is 6. The summed E-state index contributed by atoms with van der Waals surface area (Å²) in [6, 6.07) is 5.94. The first-order valence-electron chi connectivity index (χ1n) is 10.9. The van der Waals surface area contributed by atoms with Gasteiger partial charge >= 0.3 is 0 Å². The van der Waals surface area contributed by atoms with Crippen LogP contribution < -0.4 is 10.6 Å². The molecule has 10 heteroatoms. The zero-order chi connectivity index (χ0) is 23.1.